The minimum absolute atomic E-state index is 0.0386. The van der Waals surface area contributed by atoms with Crippen molar-refractivity contribution in [3.05, 3.63) is 35.1 Å². The van der Waals surface area contributed by atoms with Gasteiger partial charge in [-0.05, 0) is 30.8 Å². The van der Waals surface area contributed by atoms with Crippen molar-refractivity contribution in [2.24, 2.45) is 0 Å². The molecule has 1 aromatic rings. The fraction of sp³-hybridized carbons (Fsp3) is 0.333. The molecule has 17 heavy (non-hydrogen) atoms. The summed E-state index contributed by atoms with van der Waals surface area (Å²) in [5, 5.41) is 17.2. The summed E-state index contributed by atoms with van der Waals surface area (Å²) in [6.07, 6.45) is 0.0386. The number of halogens is 1. The number of rotatable bonds is 5. The fourth-order valence-corrected chi connectivity index (χ4v) is 1.48. The van der Waals surface area contributed by atoms with Crippen LogP contribution in [0, 0.1) is 17.1 Å². The minimum atomic E-state index is -0.867. The van der Waals surface area contributed by atoms with Crippen LogP contribution in [0.1, 0.15) is 17.5 Å². The summed E-state index contributed by atoms with van der Waals surface area (Å²) in [4.78, 5) is 12.1. The summed E-state index contributed by atoms with van der Waals surface area (Å²) < 4.78 is 13.1. The first-order chi connectivity index (χ1) is 8.01. The van der Waals surface area contributed by atoms with E-state index in [1.54, 1.807) is 18.0 Å². The van der Waals surface area contributed by atoms with Crippen molar-refractivity contribution < 1.29 is 14.3 Å². The average molecular weight is 236 g/mol. The van der Waals surface area contributed by atoms with Gasteiger partial charge in [-0.25, -0.2) is 4.39 Å². The molecule has 0 amide bonds. The van der Waals surface area contributed by atoms with Gasteiger partial charge in [0.25, 0.3) is 0 Å². The highest BCUT2D eigenvalue weighted by Crippen LogP contribution is 2.10. The number of hydrogen-bond donors (Lipinski definition) is 1. The summed E-state index contributed by atoms with van der Waals surface area (Å²) in [6.45, 7) is 0.799. The lowest BCUT2D eigenvalue weighted by Gasteiger charge is -2.15. The molecule has 4 nitrogen and oxygen atoms in total. The van der Waals surface area contributed by atoms with Gasteiger partial charge in [-0.15, -0.1) is 0 Å². The summed E-state index contributed by atoms with van der Waals surface area (Å²) in [5.41, 5.74) is 0.932. The molecular weight excluding hydrogens is 223 g/mol. The maximum Gasteiger partial charge on any atom is 0.304 e. The Kier molecular flexibility index (Phi) is 4.61. The summed E-state index contributed by atoms with van der Waals surface area (Å²) in [7, 11) is 1.75. The molecule has 0 aliphatic heterocycles. The predicted molar refractivity (Wildman–Crippen MR) is 59.7 cm³/mol. The van der Waals surface area contributed by atoms with Gasteiger partial charge in [-0.3, -0.25) is 4.79 Å². The van der Waals surface area contributed by atoms with Crippen molar-refractivity contribution in [3.8, 4) is 6.07 Å². The number of carbonyl (C=O) groups is 1. The molecule has 0 aliphatic rings. The third kappa shape index (κ3) is 4.62. The number of aliphatic carboxylic acids is 1. The number of carboxylic acid groups (broad SMARTS) is 1. The van der Waals surface area contributed by atoms with Crippen LogP contribution in [0.5, 0.6) is 0 Å². The van der Waals surface area contributed by atoms with Gasteiger partial charge < -0.3 is 10.0 Å². The Morgan fingerprint density at radius 3 is 2.82 bits per heavy atom. The standard InChI is InChI=1S/C12H13FN2O2/c1-15(3-2-12(16)17)8-10-4-9(7-14)5-11(13)6-10/h4-6H,2-3,8H2,1H3,(H,16,17). The first-order valence-electron chi connectivity index (χ1n) is 5.11. The van der Waals surface area contributed by atoms with E-state index in [9.17, 15) is 9.18 Å². The van der Waals surface area contributed by atoms with Crippen LogP contribution >= 0.6 is 0 Å². The van der Waals surface area contributed by atoms with E-state index in [0.29, 0.717) is 18.7 Å². The molecule has 0 saturated carbocycles. The second-order valence-electron chi connectivity index (χ2n) is 3.84. The zero-order chi connectivity index (χ0) is 12.8. The average Bonchev–Trinajstić information content (AvgIpc) is 2.25. The Balaban J connectivity index is 2.65. The maximum atomic E-state index is 13.1. The van der Waals surface area contributed by atoms with E-state index in [0.717, 1.165) is 0 Å². The lowest BCUT2D eigenvalue weighted by molar-refractivity contribution is -0.137. The Morgan fingerprint density at radius 1 is 1.53 bits per heavy atom. The molecule has 0 fully saturated rings. The van der Waals surface area contributed by atoms with Crippen molar-refractivity contribution in [1.29, 1.82) is 5.26 Å². The molecule has 0 heterocycles. The van der Waals surface area contributed by atoms with Gasteiger partial charge >= 0.3 is 5.97 Å². The van der Waals surface area contributed by atoms with Crippen LogP contribution in [0.4, 0.5) is 4.39 Å². The van der Waals surface area contributed by atoms with E-state index < -0.39 is 11.8 Å². The Bertz CT molecular complexity index is 454. The molecule has 0 atom stereocenters. The number of nitriles is 1. The maximum absolute atomic E-state index is 13.1. The zero-order valence-electron chi connectivity index (χ0n) is 9.48. The summed E-state index contributed by atoms with van der Waals surface area (Å²) in [6, 6.07) is 5.99. The normalized spacial score (nSPS) is 10.2. The van der Waals surface area contributed by atoms with Crippen LogP contribution < -0.4 is 0 Å². The monoisotopic (exact) mass is 236 g/mol. The van der Waals surface area contributed by atoms with Crippen LogP contribution in [-0.2, 0) is 11.3 Å². The zero-order valence-corrected chi connectivity index (χ0v) is 9.48. The van der Waals surface area contributed by atoms with Crippen molar-refractivity contribution >= 4 is 5.97 Å². The highest BCUT2D eigenvalue weighted by atomic mass is 19.1. The predicted octanol–water partition coefficient (Wildman–Crippen LogP) is 1.60. The van der Waals surface area contributed by atoms with E-state index in [-0.39, 0.29) is 12.0 Å². The van der Waals surface area contributed by atoms with E-state index in [1.807, 2.05) is 6.07 Å². The van der Waals surface area contributed by atoms with E-state index in [2.05, 4.69) is 0 Å². The molecule has 5 heteroatoms. The van der Waals surface area contributed by atoms with Crippen LogP contribution in [-0.4, -0.2) is 29.6 Å². The van der Waals surface area contributed by atoms with Crippen LogP contribution in [0.2, 0.25) is 0 Å². The molecule has 90 valence electrons. The smallest absolute Gasteiger partial charge is 0.304 e. The second kappa shape index (κ2) is 5.97. The summed E-state index contributed by atoms with van der Waals surface area (Å²) in [5.74, 6) is -1.32. The van der Waals surface area contributed by atoms with Gasteiger partial charge in [0, 0.05) is 13.1 Å². The van der Waals surface area contributed by atoms with Gasteiger partial charge in [0.15, 0.2) is 0 Å². The molecule has 1 aromatic carbocycles. The molecular formula is C12H13FN2O2. The molecule has 0 saturated heterocycles. The number of nitrogens with zero attached hydrogens (tertiary/aromatic N) is 2. The highest BCUT2D eigenvalue weighted by molar-refractivity contribution is 5.66. The van der Waals surface area contributed by atoms with Gasteiger partial charge in [0.2, 0.25) is 0 Å². The molecule has 0 aliphatic carbocycles. The Hall–Kier alpha value is -1.93. The largest absolute Gasteiger partial charge is 0.481 e. The molecule has 1 rings (SSSR count). The van der Waals surface area contributed by atoms with E-state index in [4.69, 9.17) is 10.4 Å². The van der Waals surface area contributed by atoms with Crippen molar-refractivity contribution in [2.75, 3.05) is 13.6 Å². The number of carboxylic acids is 1. The topological polar surface area (TPSA) is 64.3 Å². The minimum Gasteiger partial charge on any atom is -0.481 e. The molecule has 0 spiro atoms. The third-order valence-electron chi connectivity index (χ3n) is 2.25. The van der Waals surface area contributed by atoms with Gasteiger partial charge in [-0.1, -0.05) is 0 Å². The molecule has 0 bridgehead atoms. The number of hydrogen-bond acceptors (Lipinski definition) is 3. The van der Waals surface area contributed by atoms with E-state index in [1.165, 1.54) is 12.1 Å². The molecule has 0 aromatic heterocycles. The third-order valence-corrected chi connectivity index (χ3v) is 2.25. The van der Waals surface area contributed by atoms with E-state index >= 15 is 0 Å². The van der Waals surface area contributed by atoms with Gasteiger partial charge in [-0.2, -0.15) is 5.26 Å². The highest BCUT2D eigenvalue weighted by Gasteiger charge is 2.06. The van der Waals surface area contributed by atoms with Gasteiger partial charge in [0.05, 0.1) is 18.1 Å². The van der Waals surface area contributed by atoms with Crippen LogP contribution in [0.25, 0.3) is 0 Å². The summed E-state index contributed by atoms with van der Waals surface area (Å²) >= 11 is 0. The van der Waals surface area contributed by atoms with Gasteiger partial charge in [0.1, 0.15) is 5.82 Å². The number of benzene rings is 1. The van der Waals surface area contributed by atoms with Crippen molar-refractivity contribution in [2.45, 2.75) is 13.0 Å². The van der Waals surface area contributed by atoms with Crippen LogP contribution in [0.15, 0.2) is 18.2 Å². The molecule has 0 radical (unpaired) electrons. The molecule has 0 unspecified atom stereocenters. The first-order valence-corrected chi connectivity index (χ1v) is 5.11. The lowest BCUT2D eigenvalue weighted by Crippen LogP contribution is -2.21. The molecule has 1 N–H and O–H groups in total. The SMILES string of the molecule is CN(CCC(=O)O)Cc1cc(F)cc(C#N)c1. The Morgan fingerprint density at radius 2 is 2.24 bits per heavy atom. The van der Waals surface area contributed by atoms with Crippen LogP contribution in [0.3, 0.4) is 0 Å². The fourth-order valence-electron chi connectivity index (χ4n) is 1.48. The second-order valence-corrected chi connectivity index (χ2v) is 3.84. The quantitative estimate of drug-likeness (QED) is 0.843. The first kappa shape index (κ1) is 13.1. The Labute approximate surface area is 98.9 Å². The lowest BCUT2D eigenvalue weighted by atomic mass is 10.1. The van der Waals surface area contributed by atoms with Crippen molar-refractivity contribution in [1.82, 2.24) is 4.90 Å². The van der Waals surface area contributed by atoms with Crippen molar-refractivity contribution in [3.63, 3.8) is 0 Å².